The monoisotopic (exact) mass is 284 g/mol. The maximum atomic E-state index is 11.9. The molecule has 3 N–H and O–H groups in total. The number of benzene rings is 1. The van der Waals surface area contributed by atoms with Crippen LogP contribution >= 0.6 is 15.9 Å². The van der Waals surface area contributed by atoms with E-state index in [-0.39, 0.29) is 11.8 Å². The van der Waals surface area contributed by atoms with Crippen LogP contribution in [-0.4, -0.2) is 5.91 Å². The van der Waals surface area contributed by atoms with Gasteiger partial charge < -0.3 is 0 Å². The summed E-state index contributed by atoms with van der Waals surface area (Å²) in [5.74, 6) is 5.26. The molecule has 0 bridgehead atoms. The number of hydrogen-bond acceptors (Lipinski definition) is 2. The van der Waals surface area contributed by atoms with Crippen LogP contribution in [0, 0.1) is 5.92 Å². The first-order chi connectivity index (χ1) is 7.42. The molecule has 3 nitrogen and oxygen atoms in total. The van der Waals surface area contributed by atoms with Crippen molar-refractivity contribution in [2.24, 2.45) is 11.8 Å². The molecule has 0 heterocycles. The van der Waals surface area contributed by atoms with E-state index in [1.165, 1.54) is 0 Å². The van der Waals surface area contributed by atoms with E-state index in [4.69, 9.17) is 5.84 Å². The van der Waals surface area contributed by atoms with Gasteiger partial charge in [0.15, 0.2) is 0 Å². The van der Waals surface area contributed by atoms with E-state index in [0.29, 0.717) is 0 Å². The number of rotatable bonds is 3. The van der Waals surface area contributed by atoms with Crippen molar-refractivity contribution in [1.82, 2.24) is 5.43 Å². The molecule has 4 heteroatoms. The lowest BCUT2D eigenvalue weighted by molar-refractivity contribution is -0.127. The molecule has 0 radical (unpaired) electrons. The maximum Gasteiger partial charge on any atom is 0.244 e. The molecule has 16 heavy (non-hydrogen) atoms. The fourth-order valence-corrected chi connectivity index (χ4v) is 1.94. The molecule has 1 aromatic carbocycles. The second-order valence-corrected chi connectivity index (χ2v) is 5.25. The van der Waals surface area contributed by atoms with Gasteiger partial charge in [0.2, 0.25) is 5.91 Å². The van der Waals surface area contributed by atoms with Crippen molar-refractivity contribution in [1.29, 1.82) is 0 Å². The van der Waals surface area contributed by atoms with Crippen LogP contribution in [-0.2, 0) is 10.2 Å². The molecule has 0 aliphatic carbocycles. The van der Waals surface area contributed by atoms with E-state index in [0.717, 1.165) is 10.0 Å². The molecule has 1 atom stereocenters. The zero-order chi connectivity index (χ0) is 12.3. The summed E-state index contributed by atoms with van der Waals surface area (Å²) >= 11 is 3.38. The smallest absolute Gasteiger partial charge is 0.244 e. The second kappa shape index (κ2) is 4.97. The highest BCUT2D eigenvalue weighted by Gasteiger charge is 2.37. The normalized spacial score (nSPS) is 14.6. The number of nitrogens with one attached hydrogen (secondary N) is 1. The number of amides is 1. The summed E-state index contributed by atoms with van der Waals surface area (Å²) in [6.07, 6.45) is 0. The van der Waals surface area contributed by atoms with Crippen LogP contribution in [0.1, 0.15) is 26.3 Å². The molecule has 1 rings (SSSR count). The van der Waals surface area contributed by atoms with Gasteiger partial charge in [0, 0.05) is 4.47 Å². The Labute approximate surface area is 105 Å². The van der Waals surface area contributed by atoms with Gasteiger partial charge in [-0.15, -0.1) is 0 Å². The molecule has 0 aliphatic rings. The Morgan fingerprint density at radius 1 is 1.38 bits per heavy atom. The van der Waals surface area contributed by atoms with Gasteiger partial charge >= 0.3 is 0 Å². The third-order valence-corrected chi connectivity index (χ3v) is 3.73. The molecule has 0 saturated carbocycles. The van der Waals surface area contributed by atoms with E-state index < -0.39 is 5.41 Å². The standard InChI is InChI=1S/C12H17BrN2O/c1-8(2)12(3,11(16)15-14)9-4-6-10(13)7-5-9/h4-8H,14H2,1-3H3,(H,15,16). The molecule has 0 aliphatic heterocycles. The summed E-state index contributed by atoms with van der Waals surface area (Å²) in [5, 5.41) is 0. The summed E-state index contributed by atoms with van der Waals surface area (Å²) < 4.78 is 0.996. The number of hydrazine groups is 1. The first-order valence-electron chi connectivity index (χ1n) is 5.20. The van der Waals surface area contributed by atoms with Gasteiger partial charge in [-0.05, 0) is 30.5 Å². The van der Waals surface area contributed by atoms with Gasteiger partial charge in [0.1, 0.15) is 0 Å². The van der Waals surface area contributed by atoms with Gasteiger partial charge in [-0.1, -0.05) is 41.9 Å². The first kappa shape index (κ1) is 13.2. The van der Waals surface area contributed by atoms with Crippen molar-refractivity contribution >= 4 is 21.8 Å². The van der Waals surface area contributed by atoms with Crippen LogP contribution < -0.4 is 11.3 Å². The van der Waals surface area contributed by atoms with E-state index in [2.05, 4.69) is 21.4 Å². The highest BCUT2D eigenvalue weighted by molar-refractivity contribution is 9.10. The average Bonchev–Trinajstić information content (AvgIpc) is 2.27. The highest BCUT2D eigenvalue weighted by Crippen LogP contribution is 2.32. The van der Waals surface area contributed by atoms with Gasteiger partial charge in [-0.2, -0.15) is 0 Å². The minimum Gasteiger partial charge on any atom is -0.293 e. The Morgan fingerprint density at radius 2 is 1.88 bits per heavy atom. The fraction of sp³-hybridized carbons (Fsp3) is 0.417. The summed E-state index contributed by atoms with van der Waals surface area (Å²) in [4.78, 5) is 11.9. The zero-order valence-electron chi connectivity index (χ0n) is 9.75. The number of halogens is 1. The summed E-state index contributed by atoms with van der Waals surface area (Å²) in [6.45, 7) is 5.93. The number of carbonyl (C=O) groups excluding carboxylic acids is 1. The number of hydrogen-bond donors (Lipinski definition) is 2. The van der Waals surface area contributed by atoms with Crippen LogP contribution in [0.15, 0.2) is 28.7 Å². The van der Waals surface area contributed by atoms with Crippen molar-refractivity contribution in [3.05, 3.63) is 34.3 Å². The number of nitrogens with two attached hydrogens (primary N) is 1. The fourth-order valence-electron chi connectivity index (χ4n) is 1.67. The van der Waals surface area contributed by atoms with Crippen molar-refractivity contribution in [3.8, 4) is 0 Å². The van der Waals surface area contributed by atoms with Crippen molar-refractivity contribution in [2.75, 3.05) is 0 Å². The average molecular weight is 285 g/mol. The molecule has 88 valence electrons. The lowest BCUT2D eigenvalue weighted by Gasteiger charge is -2.32. The summed E-state index contributed by atoms with van der Waals surface area (Å²) in [5.41, 5.74) is 2.61. The van der Waals surface area contributed by atoms with Gasteiger partial charge in [0.05, 0.1) is 5.41 Å². The molecular formula is C12H17BrN2O. The predicted molar refractivity (Wildman–Crippen MR) is 68.7 cm³/mol. The Bertz CT molecular complexity index is 375. The van der Waals surface area contributed by atoms with Gasteiger partial charge in [0.25, 0.3) is 0 Å². The van der Waals surface area contributed by atoms with E-state index in [9.17, 15) is 4.79 Å². The lowest BCUT2D eigenvalue weighted by atomic mass is 9.73. The largest absolute Gasteiger partial charge is 0.293 e. The van der Waals surface area contributed by atoms with Crippen LogP contribution in [0.3, 0.4) is 0 Å². The minimum atomic E-state index is -0.602. The first-order valence-corrected chi connectivity index (χ1v) is 5.99. The predicted octanol–water partition coefficient (Wildman–Crippen LogP) is 2.35. The Hall–Kier alpha value is -0.870. The van der Waals surface area contributed by atoms with Crippen LogP contribution in [0.5, 0.6) is 0 Å². The number of carbonyl (C=O) groups is 1. The van der Waals surface area contributed by atoms with E-state index in [1.807, 2.05) is 45.0 Å². The zero-order valence-corrected chi connectivity index (χ0v) is 11.3. The molecule has 1 unspecified atom stereocenters. The van der Waals surface area contributed by atoms with Crippen molar-refractivity contribution in [2.45, 2.75) is 26.2 Å². The molecule has 0 aromatic heterocycles. The van der Waals surface area contributed by atoms with E-state index in [1.54, 1.807) is 0 Å². The molecule has 0 spiro atoms. The lowest BCUT2D eigenvalue weighted by Crippen LogP contribution is -2.48. The van der Waals surface area contributed by atoms with Crippen LogP contribution in [0.2, 0.25) is 0 Å². The van der Waals surface area contributed by atoms with Gasteiger partial charge in [-0.25, -0.2) is 5.84 Å². The highest BCUT2D eigenvalue weighted by atomic mass is 79.9. The molecule has 1 aromatic rings. The van der Waals surface area contributed by atoms with Crippen LogP contribution in [0.25, 0.3) is 0 Å². The molecule has 0 saturated heterocycles. The molecule has 1 amide bonds. The van der Waals surface area contributed by atoms with Crippen molar-refractivity contribution < 1.29 is 4.79 Å². The third kappa shape index (κ3) is 2.28. The summed E-state index contributed by atoms with van der Waals surface area (Å²) in [7, 11) is 0. The molecule has 0 fully saturated rings. The van der Waals surface area contributed by atoms with Crippen molar-refractivity contribution in [3.63, 3.8) is 0 Å². The van der Waals surface area contributed by atoms with E-state index >= 15 is 0 Å². The van der Waals surface area contributed by atoms with Gasteiger partial charge in [-0.3, -0.25) is 10.2 Å². The second-order valence-electron chi connectivity index (χ2n) is 4.34. The quantitative estimate of drug-likeness (QED) is 0.509. The Balaban J connectivity index is 3.21. The summed E-state index contributed by atoms with van der Waals surface area (Å²) in [6, 6.07) is 7.75. The molecular weight excluding hydrogens is 268 g/mol. The SMILES string of the molecule is CC(C)C(C)(C(=O)NN)c1ccc(Br)cc1. The Kier molecular flexibility index (Phi) is 4.10. The maximum absolute atomic E-state index is 11.9. The van der Waals surface area contributed by atoms with Crippen LogP contribution in [0.4, 0.5) is 0 Å². The Morgan fingerprint density at radius 3 is 2.25 bits per heavy atom. The topological polar surface area (TPSA) is 55.1 Å². The third-order valence-electron chi connectivity index (χ3n) is 3.20. The minimum absolute atomic E-state index is 0.162.